The van der Waals surface area contributed by atoms with Crippen molar-refractivity contribution in [2.45, 2.75) is 64.1 Å². The van der Waals surface area contributed by atoms with Crippen LogP contribution >= 0.6 is 0 Å². The van der Waals surface area contributed by atoms with E-state index in [9.17, 15) is 13.6 Å². The van der Waals surface area contributed by atoms with Gasteiger partial charge in [-0.25, -0.2) is 4.98 Å². The molecule has 1 aromatic carbocycles. The molecule has 5 heterocycles. The number of aromatic nitrogens is 3. The normalized spacial score (nSPS) is 17.7. The van der Waals surface area contributed by atoms with Crippen molar-refractivity contribution >= 4 is 30.0 Å². The molecule has 3 aromatic heterocycles. The minimum Gasteiger partial charge on any atom is -0.395 e. The van der Waals surface area contributed by atoms with Gasteiger partial charge in [0.15, 0.2) is 16.9 Å². The van der Waals surface area contributed by atoms with Gasteiger partial charge in [0.1, 0.15) is 12.4 Å². The predicted molar refractivity (Wildman–Crippen MR) is 152 cm³/mol. The Labute approximate surface area is 232 Å². The summed E-state index contributed by atoms with van der Waals surface area (Å²) in [6.07, 6.45) is 3.76. The molecule has 0 N–H and O–H groups in total. The lowest BCUT2D eigenvalue weighted by molar-refractivity contribution is -0.286. The number of pyridine rings is 2. The van der Waals surface area contributed by atoms with Crippen molar-refractivity contribution in [2.75, 3.05) is 19.7 Å². The molecule has 0 amide bonds. The van der Waals surface area contributed by atoms with E-state index < -0.39 is 14.4 Å². The van der Waals surface area contributed by atoms with Crippen molar-refractivity contribution in [3.8, 4) is 11.5 Å². The fourth-order valence-corrected chi connectivity index (χ4v) is 6.31. The summed E-state index contributed by atoms with van der Waals surface area (Å²) in [4.78, 5) is 19.7. The fraction of sp³-hybridized carbons (Fsp3) is 0.448. The number of piperidine rings is 1. The van der Waals surface area contributed by atoms with Crippen LogP contribution in [0.5, 0.6) is 11.5 Å². The average molecular weight is 569 g/mol. The van der Waals surface area contributed by atoms with Gasteiger partial charge in [0.2, 0.25) is 0 Å². The summed E-state index contributed by atoms with van der Waals surface area (Å²) < 4.78 is 46.1. The van der Waals surface area contributed by atoms with Crippen LogP contribution in [-0.4, -0.2) is 53.1 Å². The number of ether oxygens (including phenoxy) is 3. The molecule has 8 nitrogen and oxygen atoms in total. The lowest BCUT2D eigenvalue weighted by atomic mass is 10.0. The Hall–Kier alpha value is -3.28. The van der Waals surface area contributed by atoms with E-state index >= 15 is 0 Å². The Bertz CT molecular complexity index is 1610. The zero-order valence-electron chi connectivity index (χ0n) is 23.0. The van der Waals surface area contributed by atoms with Crippen molar-refractivity contribution < 1.29 is 23.0 Å². The Morgan fingerprint density at radius 3 is 2.60 bits per heavy atom. The van der Waals surface area contributed by atoms with Crippen LogP contribution in [0, 0.1) is 0 Å². The number of halogens is 2. The van der Waals surface area contributed by atoms with E-state index in [4.69, 9.17) is 4.74 Å². The summed E-state index contributed by atoms with van der Waals surface area (Å²) in [5.74, 6) is 0.133. The van der Waals surface area contributed by atoms with Crippen molar-refractivity contribution in [1.82, 2.24) is 19.0 Å². The fourth-order valence-electron chi connectivity index (χ4n) is 5.55. The van der Waals surface area contributed by atoms with Gasteiger partial charge in [-0.05, 0) is 42.6 Å². The summed E-state index contributed by atoms with van der Waals surface area (Å²) >= 11 is 0. The van der Waals surface area contributed by atoms with Crippen LogP contribution in [-0.2, 0) is 18.0 Å². The molecule has 212 valence electrons. The van der Waals surface area contributed by atoms with Gasteiger partial charge in [0, 0.05) is 70.4 Å². The van der Waals surface area contributed by atoms with Crippen LogP contribution in [0.3, 0.4) is 0 Å². The van der Waals surface area contributed by atoms with E-state index in [0.29, 0.717) is 18.7 Å². The minimum absolute atomic E-state index is 0.0365. The molecule has 0 saturated carbocycles. The van der Waals surface area contributed by atoms with Crippen LogP contribution in [0.25, 0.3) is 21.9 Å². The lowest BCUT2D eigenvalue weighted by Gasteiger charge is -2.34. The molecule has 2 aliphatic rings. The van der Waals surface area contributed by atoms with Gasteiger partial charge in [-0.15, -0.1) is 8.78 Å². The van der Waals surface area contributed by atoms with E-state index in [1.54, 1.807) is 24.4 Å². The third kappa shape index (κ3) is 5.50. The van der Waals surface area contributed by atoms with Crippen LogP contribution in [0.1, 0.15) is 24.4 Å². The molecule has 4 aromatic rings. The quantitative estimate of drug-likeness (QED) is 0.197. The second-order valence-electron chi connectivity index (χ2n) is 11.9. The first-order valence-corrected chi connectivity index (χ1v) is 17.4. The minimum atomic E-state index is -3.61. The molecule has 0 aliphatic carbocycles. The first kappa shape index (κ1) is 26.9. The number of hydrogen-bond acceptors (Lipinski definition) is 6. The Morgan fingerprint density at radius 1 is 1.05 bits per heavy atom. The monoisotopic (exact) mass is 568 g/mol. The number of benzene rings is 1. The molecule has 0 unspecified atom stereocenters. The number of hydrogen-bond donors (Lipinski definition) is 0. The highest BCUT2D eigenvalue weighted by Gasteiger charge is 2.43. The van der Waals surface area contributed by atoms with Crippen molar-refractivity contribution in [3.63, 3.8) is 0 Å². The smallest absolute Gasteiger partial charge is 0.395 e. The standard InChI is InChI=1S/C29H34F2N4O4Si/c1-40(2,3)15-14-37-19-34-12-8-22-27-23(17-32-28(22)34)24(36)9-13-35(27)21-6-10-33(11-7-21)18-20-4-5-25-26(16-20)39-29(30,31)38-25/h4-5,8-9,12-13,16-17,21H,6-7,10-11,14-15,18-19H2,1-3H3. The van der Waals surface area contributed by atoms with Gasteiger partial charge in [0.05, 0.1) is 10.9 Å². The van der Waals surface area contributed by atoms with Crippen molar-refractivity contribution in [1.29, 1.82) is 0 Å². The number of rotatable bonds is 8. The summed E-state index contributed by atoms with van der Waals surface area (Å²) in [5, 5.41) is 1.57. The molecule has 6 rings (SSSR count). The third-order valence-corrected chi connectivity index (χ3v) is 9.42. The Morgan fingerprint density at radius 2 is 1.82 bits per heavy atom. The largest absolute Gasteiger partial charge is 0.586 e. The zero-order chi connectivity index (χ0) is 28.1. The lowest BCUT2D eigenvalue weighted by Crippen LogP contribution is -2.34. The molecule has 0 atom stereocenters. The van der Waals surface area contributed by atoms with E-state index in [2.05, 4.69) is 43.6 Å². The first-order valence-electron chi connectivity index (χ1n) is 13.7. The van der Waals surface area contributed by atoms with Gasteiger partial charge in [-0.3, -0.25) is 9.69 Å². The van der Waals surface area contributed by atoms with Gasteiger partial charge in [-0.1, -0.05) is 25.7 Å². The molecular weight excluding hydrogens is 534 g/mol. The molecule has 11 heteroatoms. The predicted octanol–water partition coefficient (Wildman–Crippen LogP) is 5.82. The third-order valence-electron chi connectivity index (χ3n) is 7.72. The molecule has 0 spiro atoms. The van der Waals surface area contributed by atoms with Crippen molar-refractivity contribution in [3.05, 3.63) is 64.7 Å². The molecule has 0 radical (unpaired) electrons. The summed E-state index contributed by atoms with van der Waals surface area (Å²) in [7, 11) is -1.17. The van der Waals surface area contributed by atoms with Crippen LogP contribution < -0.4 is 14.9 Å². The van der Waals surface area contributed by atoms with E-state index in [-0.39, 0.29) is 23.0 Å². The highest BCUT2D eigenvalue weighted by atomic mass is 28.3. The summed E-state index contributed by atoms with van der Waals surface area (Å²) in [6, 6.07) is 9.94. The maximum atomic E-state index is 13.4. The summed E-state index contributed by atoms with van der Waals surface area (Å²) in [6.45, 7) is 10.5. The Balaban J connectivity index is 1.18. The first-order chi connectivity index (χ1) is 19.1. The Kier molecular flexibility index (Phi) is 6.92. The maximum absolute atomic E-state index is 13.4. The number of likely N-dealkylation sites (tertiary alicyclic amines) is 1. The molecule has 2 aliphatic heterocycles. The van der Waals surface area contributed by atoms with E-state index in [0.717, 1.165) is 60.7 Å². The second-order valence-corrected chi connectivity index (χ2v) is 17.6. The van der Waals surface area contributed by atoms with Gasteiger partial charge >= 0.3 is 6.29 Å². The van der Waals surface area contributed by atoms with E-state index in [1.165, 1.54) is 6.07 Å². The molecule has 1 saturated heterocycles. The molecule has 0 bridgehead atoms. The van der Waals surface area contributed by atoms with Crippen LogP contribution in [0.4, 0.5) is 8.78 Å². The summed E-state index contributed by atoms with van der Waals surface area (Å²) in [5.41, 5.74) is 2.58. The number of alkyl halides is 2. The maximum Gasteiger partial charge on any atom is 0.586 e. The van der Waals surface area contributed by atoms with Gasteiger partial charge in [0.25, 0.3) is 0 Å². The highest BCUT2D eigenvalue weighted by molar-refractivity contribution is 6.76. The average Bonchev–Trinajstić information content (AvgIpc) is 3.45. The van der Waals surface area contributed by atoms with E-state index in [1.807, 2.05) is 23.0 Å². The highest BCUT2D eigenvalue weighted by Crippen LogP contribution is 2.41. The van der Waals surface area contributed by atoms with Gasteiger partial charge in [-0.2, -0.15) is 0 Å². The van der Waals surface area contributed by atoms with Gasteiger partial charge < -0.3 is 23.3 Å². The van der Waals surface area contributed by atoms with Crippen LogP contribution in [0.2, 0.25) is 25.7 Å². The van der Waals surface area contributed by atoms with Crippen molar-refractivity contribution in [2.24, 2.45) is 0 Å². The SMILES string of the molecule is C[Si](C)(C)CCOCn1ccc2c1ncc1c(=O)ccn(C3CCN(Cc4ccc5c(c4)OC(F)(F)O5)CC3)c12. The topological polar surface area (TPSA) is 70.8 Å². The molecule has 40 heavy (non-hydrogen) atoms. The number of nitrogens with zero attached hydrogens (tertiary/aromatic N) is 4. The second kappa shape index (κ2) is 10.3. The number of fused-ring (bicyclic) bond motifs is 4. The van der Waals surface area contributed by atoms with Crippen LogP contribution in [0.15, 0.2) is 53.7 Å². The zero-order valence-corrected chi connectivity index (χ0v) is 24.0. The molecular formula is C29H34F2N4O4Si. The molecule has 1 fully saturated rings.